The molecule has 0 amide bonds. The molecule has 0 unspecified atom stereocenters. The number of nitrogens with zero attached hydrogens (tertiary/aromatic N) is 2. The van der Waals surface area contributed by atoms with Gasteiger partial charge in [-0.15, -0.1) is 0 Å². The van der Waals surface area contributed by atoms with Crippen LogP contribution in [0, 0.1) is 0 Å². The van der Waals surface area contributed by atoms with Crippen molar-refractivity contribution >= 4 is 7.32 Å². The summed E-state index contributed by atoms with van der Waals surface area (Å²) >= 11 is 0. The first-order chi connectivity index (χ1) is 19.5. The summed E-state index contributed by atoms with van der Waals surface area (Å²) in [5.41, 5.74) is 0. The van der Waals surface area contributed by atoms with Gasteiger partial charge in [-0.3, -0.25) is 0 Å². The predicted octanol–water partition coefficient (Wildman–Crippen LogP) is 9.49. The van der Waals surface area contributed by atoms with Gasteiger partial charge in [0.1, 0.15) is 0 Å². The molecule has 0 saturated heterocycles. The lowest BCUT2D eigenvalue weighted by Gasteiger charge is -2.21. The Labute approximate surface area is 254 Å². The third kappa shape index (κ3) is 42.3. The first-order valence-electron chi connectivity index (χ1n) is 17.9. The molecule has 0 aliphatic heterocycles. The van der Waals surface area contributed by atoms with E-state index in [2.05, 4.69) is 62.9 Å². The average Bonchev–Trinajstić information content (AvgIpc) is 2.96. The van der Waals surface area contributed by atoms with Crippen LogP contribution in [0.3, 0.4) is 0 Å². The number of hydrogen-bond acceptors (Lipinski definition) is 5. The SMILES string of the molecule is CCCCCCCCCCOB(O)O.CCCCN(CCCC)CCCC.CCCCN(CCCC)CCCC. The van der Waals surface area contributed by atoms with Crippen LogP contribution in [0.25, 0.3) is 0 Å². The van der Waals surface area contributed by atoms with Crippen molar-refractivity contribution in [2.75, 3.05) is 45.9 Å². The minimum absolute atomic E-state index is 0.451. The second-order valence-electron chi connectivity index (χ2n) is 11.5. The molecule has 40 heavy (non-hydrogen) atoms. The van der Waals surface area contributed by atoms with Crippen molar-refractivity contribution in [1.29, 1.82) is 0 Å². The van der Waals surface area contributed by atoms with Crippen molar-refractivity contribution < 1.29 is 14.7 Å². The highest BCUT2D eigenvalue weighted by atomic mass is 16.6. The third-order valence-electron chi connectivity index (χ3n) is 7.23. The van der Waals surface area contributed by atoms with Crippen LogP contribution in [-0.2, 0) is 4.65 Å². The Morgan fingerprint density at radius 1 is 0.375 bits per heavy atom. The predicted molar refractivity (Wildman–Crippen MR) is 181 cm³/mol. The van der Waals surface area contributed by atoms with E-state index in [1.165, 1.54) is 155 Å². The van der Waals surface area contributed by atoms with Crippen LogP contribution in [0.2, 0.25) is 0 Å². The van der Waals surface area contributed by atoms with Crippen LogP contribution in [-0.4, -0.2) is 73.0 Å². The molecule has 0 saturated carbocycles. The zero-order valence-electron chi connectivity index (χ0n) is 28.9. The summed E-state index contributed by atoms with van der Waals surface area (Å²) in [4.78, 5) is 5.27. The topological polar surface area (TPSA) is 56.2 Å². The molecular weight excluding hydrogens is 495 g/mol. The van der Waals surface area contributed by atoms with E-state index in [-0.39, 0.29) is 0 Å². The Morgan fingerprint density at radius 3 is 0.875 bits per heavy atom. The third-order valence-corrected chi connectivity index (χ3v) is 7.23. The maximum atomic E-state index is 8.39. The van der Waals surface area contributed by atoms with Gasteiger partial charge in [0.05, 0.1) is 0 Å². The molecular formula is C34H77BN2O3. The van der Waals surface area contributed by atoms with E-state index in [1.54, 1.807) is 0 Å². The Hall–Kier alpha value is -0.135. The van der Waals surface area contributed by atoms with E-state index in [4.69, 9.17) is 10.0 Å². The number of hydrogen-bond donors (Lipinski definition) is 2. The standard InChI is InChI=1S/2C12H27N.C10H23BO3/c2*1-4-7-10-13(11-8-5-2)12-9-6-3;1-2-3-4-5-6-7-8-9-10-14-11(12)13/h2*4-12H2,1-3H3;12-13H,2-10H2,1H3. The average molecular weight is 573 g/mol. The smallest absolute Gasteiger partial charge is 0.402 e. The summed E-state index contributed by atoms with van der Waals surface area (Å²) in [5.74, 6) is 0. The monoisotopic (exact) mass is 573 g/mol. The first-order valence-corrected chi connectivity index (χ1v) is 17.9. The second-order valence-corrected chi connectivity index (χ2v) is 11.5. The highest BCUT2D eigenvalue weighted by Crippen LogP contribution is 2.08. The summed E-state index contributed by atoms with van der Waals surface area (Å²) < 4.78 is 4.60. The first kappa shape index (κ1) is 44.3. The molecule has 0 radical (unpaired) electrons. The van der Waals surface area contributed by atoms with Crippen molar-refractivity contribution in [2.45, 2.75) is 177 Å². The lowest BCUT2D eigenvalue weighted by Crippen LogP contribution is -2.27. The van der Waals surface area contributed by atoms with Crippen LogP contribution in [0.4, 0.5) is 0 Å². The largest absolute Gasteiger partial charge is 0.633 e. The van der Waals surface area contributed by atoms with E-state index >= 15 is 0 Å². The summed E-state index contributed by atoms with van der Waals surface area (Å²) in [7, 11) is -1.60. The van der Waals surface area contributed by atoms with E-state index in [0.717, 1.165) is 12.8 Å². The van der Waals surface area contributed by atoms with Gasteiger partial charge in [-0.25, -0.2) is 0 Å². The highest BCUT2D eigenvalue weighted by molar-refractivity contribution is 6.32. The maximum absolute atomic E-state index is 8.39. The van der Waals surface area contributed by atoms with Crippen molar-refractivity contribution in [3.63, 3.8) is 0 Å². The maximum Gasteiger partial charge on any atom is 0.633 e. The van der Waals surface area contributed by atoms with Crippen LogP contribution >= 0.6 is 0 Å². The Morgan fingerprint density at radius 2 is 0.625 bits per heavy atom. The lowest BCUT2D eigenvalue weighted by atomic mass is 10.1. The molecule has 0 aromatic heterocycles. The molecule has 0 aromatic carbocycles. The zero-order valence-corrected chi connectivity index (χ0v) is 28.9. The summed E-state index contributed by atoms with van der Waals surface area (Å²) in [6.07, 6.45) is 26.1. The minimum atomic E-state index is -1.60. The summed E-state index contributed by atoms with van der Waals surface area (Å²) in [6, 6.07) is 0. The van der Waals surface area contributed by atoms with E-state index in [0.29, 0.717) is 6.61 Å². The van der Waals surface area contributed by atoms with Gasteiger partial charge in [0.2, 0.25) is 0 Å². The Kier molecular flexibility index (Phi) is 45.4. The molecule has 0 bridgehead atoms. The molecule has 0 aromatic rings. The molecule has 0 spiro atoms. The molecule has 2 N–H and O–H groups in total. The zero-order chi connectivity index (χ0) is 30.5. The van der Waals surface area contributed by atoms with Gasteiger partial charge < -0.3 is 24.5 Å². The fourth-order valence-electron chi connectivity index (χ4n) is 4.39. The van der Waals surface area contributed by atoms with Gasteiger partial charge in [-0.05, 0) is 84.2 Å². The van der Waals surface area contributed by atoms with Crippen LogP contribution in [0.15, 0.2) is 0 Å². The minimum Gasteiger partial charge on any atom is -0.402 e. The van der Waals surface area contributed by atoms with Crippen molar-refractivity contribution in [2.24, 2.45) is 0 Å². The Balaban J connectivity index is -0.000000514. The van der Waals surface area contributed by atoms with E-state index in [9.17, 15) is 0 Å². The molecule has 6 heteroatoms. The molecule has 0 aliphatic rings. The number of rotatable bonds is 28. The molecule has 5 nitrogen and oxygen atoms in total. The van der Waals surface area contributed by atoms with Gasteiger partial charge in [-0.1, -0.05) is 132 Å². The normalized spacial score (nSPS) is 10.9. The van der Waals surface area contributed by atoms with Crippen molar-refractivity contribution in [3.05, 3.63) is 0 Å². The van der Waals surface area contributed by atoms with Crippen molar-refractivity contribution in [3.8, 4) is 0 Å². The highest BCUT2D eigenvalue weighted by Gasteiger charge is 2.06. The summed E-state index contributed by atoms with van der Waals surface area (Å²) in [6.45, 7) is 24.2. The quantitative estimate of drug-likeness (QED) is 0.0722. The molecule has 0 heterocycles. The lowest BCUT2D eigenvalue weighted by molar-refractivity contribution is 0.182. The van der Waals surface area contributed by atoms with Gasteiger partial charge in [0.15, 0.2) is 0 Å². The van der Waals surface area contributed by atoms with Crippen LogP contribution in [0.1, 0.15) is 177 Å². The second kappa shape index (κ2) is 41.0. The Bertz CT molecular complexity index is 355. The van der Waals surface area contributed by atoms with Gasteiger partial charge >= 0.3 is 7.32 Å². The fraction of sp³-hybridized carbons (Fsp3) is 1.00. The van der Waals surface area contributed by atoms with Crippen LogP contribution < -0.4 is 0 Å². The molecule has 0 rings (SSSR count). The van der Waals surface area contributed by atoms with E-state index < -0.39 is 7.32 Å². The van der Waals surface area contributed by atoms with Gasteiger partial charge in [0.25, 0.3) is 0 Å². The summed E-state index contributed by atoms with van der Waals surface area (Å²) in [5, 5.41) is 16.8. The van der Waals surface area contributed by atoms with Crippen LogP contribution in [0.5, 0.6) is 0 Å². The van der Waals surface area contributed by atoms with Gasteiger partial charge in [0, 0.05) is 6.61 Å². The number of unbranched alkanes of at least 4 members (excludes halogenated alkanes) is 13. The molecule has 0 fully saturated rings. The fourth-order valence-corrected chi connectivity index (χ4v) is 4.39. The van der Waals surface area contributed by atoms with E-state index in [1.807, 2.05) is 0 Å². The molecule has 244 valence electrons. The van der Waals surface area contributed by atoms with Crippen molar-refractivity contribution in [1.82, 2.24) is 9.80 Å². The van der Waals surface area contributed by atoms with Gasteiger partial charge in [-0.2, -0.15) is 0 Å². The molecule has 0 aliphatic carbocycles. The molecule has 0 atom stereocenters.